The van der Waals surface area contributed by atoms with Gasteiger partial charge in [-0.15, -0.1) is 0 Å². The number of methoxy groups -OCH3 is 1. The summed E-state index contributed by atoms with van der Waals surface area (Å²) < 4.78 is 16.6. The fourth-order valence-corrected chi connectivity index (χ4v) is 4.00. The lowest BCUT2D eigenvalue weighted by Crippen LogP contribution is -2.32. The minimum absolute atomic E-state index is 0.320. The van der Waals surface area contributed by atoms with Crippen LogP contribution < -0.4 is 14.8 Å². The van der Waals surface area contributed by atoms with E-state index in [1.165, 1.54) is 0 Å². The van der Waals surface area contributed by atoms with Gasteiger partial charge in [0.05, 0.1) is 23.7 Å². The van der Waals surface area contributed by atoms with Gasteiger partial charge in [0.2, 0.25) is 0 Å². The van der Waals surface area contributed by atoms with Crippen molar-refractivity contribution in [3.05, 3.63) is 103 Å². The van der Waals surface area contributed by atoms with Crippen LogP contribution in [0.3, 0.4) is 0 Å². The van der Waals surface area contributed by atoms with Gasteiger partial charge in [0.15, 0.2) is 6.10 Å². The maximum Gasteiger partial charge on any atom is 0.338 e. The highest BCUT2D eigenvalue weighted by Crippen LogP contribution is 2.25. The lowest BCUT2D eigenvalue weighted by Gasteiger charge is -2.16. The fraction of sp³-hybridized carbons (Fsp3) is 0.129. The van der Waals surface area contributed by atoms with E-state index in [0.717, 1.165) is 17.1 Å². The Hall–Kier alpha value is -5.11. The average molecular weight is 522 g/mol. The monoisotopic (exact) mass is 521 g/mol. The molecule has 5 aromatic rings. The number of nitrogens with zero attached hydrogens (tertiary/aromatic N) is 1. The molecule has 0 aliphatic rings. The molecule has 0 saturated carbocycles. The van der Waals surface area contributed by atoms with Crippen LogP contribution in [-0.4, -0.2) is 35.1 Å². The smallest absolute Gasteiger partial charge is 0.338 e. The molecule has 0 saturated heterocycles. The first-order chi connectivity index (χ1) is 19.0. The minimum Gasteiger partial charge on any atom is -0.497 e. The maximum atomic E-state index is 12.9. The minimum atomic E-state index is -0.954. The van der Waals surface area contributed by atoms with Gasteiger partial charge < -0.3 is 24.5 Å². The number of amides is 1. The van der Waals surface area contributed by atoms with E-state index in [-0.39, 0.29) is 0 Å². The van der Waals surface area contributed by atoms with Crippen molar-refractivity contribution in [1.82, 2.24) is 9.97 Å². The normalized spacial score (nSPS) is 11.5. The quantitative estimate of drug-likeness (QED) is 0.212. The number of anilines is 1. The molecule has 1 amide bonds. The van der Waals surface area contributed by atoms with Gasteiger partial charge >= 0.3 is 5.97 Å². The second-order valence-electron chi connectivity index (χ2n) is 8.78. The summed E-state index contributed by atoms with van der Waals surface area (Å²) in [6, 6.07) is 29.0. The van der Waals surface area contributed by atoms with Crippen LogP contribution >= 0.6 is 0 Å². The molecule has 0 fully saturated rings. The number of hydrogen-bond acceptors (Lipinski definition) is 6. The predicted octanol–water partition coefficient (Wildman–Crippen LogP) is 6.60. The van der Waals surface area contributed by atoms with Gasteiger partial charge in [0.1, 0.15) is 23.1 Å². The molecule has 5 rings (SSSR count). The Balaban J connectivity index is 1.22. The summed E-state index contributed by atoms with van der Waals surface area (Å²) in [6.45, 7) is 1.79. The largest absolute Gasteiger partial charge is 0.497 e. The average Bonchev–Trinajstić information content (AvgIpc) is 3.41. The van der Waals surface area contributed by atoms with Crippen LogP contribution in [0.4, 0.5) is 5.69 Å². The molecule has 8 heteroatoms. The van der Waals surface area contributed by atoms with E-state index in [1.807, 2.05) is 54.6 Å². The number of hydrogen-bond donors (Lipinski definition) is 2. The van der Waals surface area contributed by atoms with Crippen molar-refractivity contribution in [3.63, 3.8) is 0 Å². The molecule has 1 heterocycles. The van der Waals surface area contributed by atoms with Gasteiger partial charge in [0.25, 0.3) is 5.91 Å². The highest BCUT2D eigenvalue weighted by atomic mass is 16.5. The topological polar surface area (TPSA) is 103 Å². The molecular formula is C31H27N3O5. The molecule has 2 N–H and O–H groups in total. The third-order valence-electron chi connectivity index (χ3n) is 6.09. The first kappa shape index (κ1) is 25.5. The highest BCUT2D eigenvalue weighted by Gasteiger charge is 2.22. The number of esters is 1. The Kier molecular flexibility index (Phi) is 7.54. The number of nitrogens with one attached hydrogen (secondary N) is 2. The maximum absolute atomic E-state index is 12.9. The number of aromatic nitrogens is 2. The number of aromatic amines is 1. The Labute approximate surface area is 225 Å². The van der Waals surface area contributed by atoms with Crippen LogP contribution in [0.5, 0.6) is 17.2 Å². The van der Waals surface area contributed by atoms with E-state index in [4.69, 9.17) is 14.2 Å². The predicted molar refractivity (Wildman–Crippen MR) is 149 cm³/mol. The summed E-state index contributed by atoms with van der Waals surface area (Å²) in [5, 5.41) is 2.80. The van der Waals surface area contributed by atoms with Gasteiger partial charge in [-0.3, -0.25) is 4.79 Å². The van der Waals surface area contributed by atoms with Crippen molar-refractivity contribution < 1.29 is 23.8 Å². The fourth-order valence-electron chi connectivity index (χ4n) is 4.00. The third kappa shape index (κ3) is 6.07. The molecule has 196 valence electrons. The molecule has 4 aromatic carbocycles. The zero-order valence-corrected chi connectivity index (χ0v) is 21.5. The van der Waals surface area contributed by atoms with Crippen LogP contribution in [0.2, 0.25) is 0 Å². The highest BCUT2D eigenvalue weighted by molar-refractivity contribution is 5.99. The summed E-state index contributed by atoms with van der Waals surface area (Å²) in [5.74, 6) is 1.78. The number of para-hydroxylation sites is 1. The SMILES string of the molecule is CCC(OC(=O)c1ccc2nc(-c3ccc(OC)cc3)[nH]c2c1)C(=O)Nc1ccc(Oc2ccccc2)cc1. The Morgan fingerprint density at radius 3 is 2.26 bits per heavy atom. The number of fused-ring (bicyclic) bond motifs is 1. The van der Waals surface area contributed by atoms with Crippen molar-refractivity contribution in [2.24, 2.45) is 0 Å². The van der Waals surface area contributed by atoms with Crippen LogP contribution in [0.15, 0.2) is 97.1 Å². The number of ether oxygens (including phenoxy) is 3. The second-order valence-corrected chi connectivity index (χ2v) is 8.78. The molecule has 0 spiro atoms. The molecule has 0 aliphatic carbocycles. The Morgan fingerprint density at radius 1 is 0.872 bits per heavy atom. The zero-order valence-electron chi connectivity index (χ0n) is 21.5. The molecule has 39 heavy (non-hydrogen) atoms. The van der Waals surface area contributed by atoms with Gasteiger partial charge in [-0.05, 0) is 85.3 Å². The lowest BCUT2D eigenvalue weighted by molar-refractivity contribution is -0.124. The van der Waals surface area contributed by atoms with Gasteiger partial charge in [-0.25, -0.2) is 9.78 Å². The first-order valence-corrected chi connectivity index (χ1v) is 12.5. The summed E-state index contributed by atoms with van der Waals surface area (Å²) in [4.78, 5) is 33.6. The zero-order chi connectivity index (χ0) is 27.2. The van der Waals surface area contributed by atoms with Crippen LogP contribution in [0.25, 0.3) is 22.4 Å². The Bertz CT molecular complexity index is 1580. The first-order valence-electron chi connectivity index (χ1n) is 12.5. The van der Waals surface area contributed by atoms with Gasteiger partial charge in [0, 0.05) is 11.3 Å². The summed E-state index contributed by atoms with van der Waals surface area (Å²) in [7, 11) is 1.61. The van der Waals surface area contributed by atoms with Crippen molar-refractivity contribution >= 4 is 28.6 Å². The molecule has 1 aromatic heterocycles. The van der Waals surface area contributed by atoms with Crippen molar-refractivity contribution in [3.8, 4) is 28.6 Å². The van der Waals surface area contributed by atoms with Crippen molar-refractivity contribution in [1.29, 1.82) is 0 Å². The molecule has 8 nitrogen and oxygen atoms in total. The van der Waals surface area contributed by atoms with E-state index in [2.05, 4.69) is 15.3 Å². The lowest BCUT2D eigenvalue weighted by atomic mass is 10.2. The molecular weight excluding hydrogens is 494 g/mol. The molecule has 0 bridgehead atoms. The standard InChI is InChI=1S/C31H27N3O5/c1-3-28(30(35)32-22-12-16-25(17-13-22)38-24-7-5-4-6-8-24)39-31(36)21-11-18-26-27(19-21)34-29(33-26)20-9-14-23(37-2)15-10-20/h4-19,28H,3H2,1-2H3,(H,32,35)(H,33,34). The summed E-state index contributed by atoms with van der Waals surface area (Å²) in [5.41, 5.74) is 3.17. The van der Waals surface area contributed by atoms with E-state index in [0.29, 0.717) is 40.3 Å². The van der Waals surface area contributed by atoms with E-state index >= 15 is 0 Å². The van der Waals surface area contributed by atoms with E-state index in [9.17, 15) is 9.59 Å². The van der Waals surface area contributed by atoms with E-state index < -0.39 is 18.0 Å². The van der Waals surface area contributed by atoms with Crippen LogP contribution in [-0.2, 0) is 9.53 Å². The number of carbonyl (C=O) groups excluding carboxylic acids is 2. The summed E-state index contributed by atoms with van der Waals surface area (Å²) >= 11 is 0. The van der Waals surface area contributed by atoms with Gasteiger partial charge in [-0.2, -0.15) is 0 Å². The van der Waals surface area contributed by atoms with Crippen LogP contribution in [0.1, 0.15) is 23.7 Å². The van der Waals surface area contributed by atoms with Crippen molar-refractivity contribution in [2.75, 3.05) is 12.4 Å². The van der Waals surface area contributed by atoms with Crippen LogP contribution in [0, 0.1) is 0 Å². The van der Waals surface area contributed by atoms with Crippen molar-refractivity contribution in [2.45, 2.75) is 19.4 Å². The van der Waals surface area contributed by atoms with E-state index in [1.54, 1.807) is 56.5 Å². The number of imidazole rings is 1. The molecule has 1 unspecified atom stereocenters. The molecule has 0 radical (unpaired) electrons. The molecule has 0 aliphatic heterocycles. The molecule has 1 atom stereocenters. The number of carbonyl (C=O) groups is 2. The third-order valence-corrected chi connectivity index (χ3v) is 6.09. The number of H-pyrrole nitrogens is 1. The second kappa shape index (κ2) is 11.5. The number of rotatable bonds is 9. The number of benzene rings is 4. The summed E-state index contributed by atoms with van der Waals surface area (Å²) in [6.07, 6.45) is -0.634. The Morgan fingerprint density at radius 2 is 1.56 bits per heavy atom. The van der Waals surface area contributed by atoms with Gasteiger partial charge in [-0.1, -0.05) is 25.1 Å².